The summed E-state index contributed by atoms with van der Waals surface area (Å²) in [4.78, 5) is 4.40. The Balaban J connectivity index is 1.54. The molecule has 0 bridgehead atoms. The van der Waals surface area contributed by atoms with E-state index in [1.165, 1.54) is 17.8 Å². The molecule has 0 radical (unpaired) electrons. The number of aromatic nitrogens is 5. The van der Waals surface area contributed by atoms with E-state index in [4.69, 9.17) is 16.1 Å². The van der Waals surface area contributed by atoms with Crippen LogP contribution in [0.5, 0.6) is 0 Å². The van der Waals surface area contributed by atoms with Crippen molar-refractivity contribution in [2.75, 3.05) is 0 Å². The van der Waals surface area contributed by atoms with Crippen LogP contribution in [-0.2, 0) is 12.3 Å². The summed E-state index contributed by atoms with van der Waals surface area (Å²) in [6, 6.07) is 13.6. The summed E-state index contributed by atoms with van der Waals surface area (Å²) in [6.45, 7) is 4.21. The van der Waals surface area contributed by atoms with Gasteiger partial charge in [-0.1, -0.05) is 46.7 Å². The van der Waals surface area contributed by atoms with Gasteiger partial charge < -0.3 is 4.52 Å². The number of nitrogens with zero attached hydrogens (tertiary/aromatic N) is 5. The Morgan fingerprint density at radius 2 is 1.93 bits per heavy atom. The lowest BCUT2D eigenvalue weighted by molar-refractivity contribution is 0.425. The van der Waals surface area contributed by atoms with E-state index in [0.29, 0.717) is 45.6 Å². The second kappa shape index (κ2) is 8.59. The van der Waals surface area contributed by atoms with E-state index in [9.17, 15) is 4.39 Å². The van der Waals surface area contributed by atoms with Crippen molar-refractivity contribution in [1.29, 1.82) is 0 Å². The monoisotopic (exact) mass is 427 g/mol. The summed E-state index contributed by atoms with van der Waals surface area (Å²) in [5.74, 6) is 1.44. The van der Waals surface area contributed by atoms with Crippen LogP contribution in [0.4, 0.5) is 4.39 Å². The molecule has 0 aliphatic rings. The van der Waals surface area contributed by atoms with Crippen molar-refractivity contribution in [2.24, 2.45) is 0 Å². The molecule has 2 aromatic carbocycles. The standard InChI is InChI=1S/C20H15ClFN5OS/c1-2-11-27-18(15-5-3-4-6-16(15)22)24-25-20(27)29-12-17-23-19(28-26-17)13-7-9-14(21)10-8-13/h2-10H,1,11-12H2. The first kappa shape index (κ1) is 19.4. The van der Waals surface area contributed by atoms with Gasteiger partial charge in [-0.15, -0.1) is 16.8 Å². The minimum atomic E-state index is -0.354. The Labute approximate surface area is 175 Å². The van der Waals surface area contributed by atoms with E-state index in [2.05, 4.69) is 26.9 Å². The lowest BCUT2D eigenvalue weighted by atomic mass is 10.2. The molecule has 4 rings (SSSR count). The number of halogens is 2. The molecule has 0 saturated heterocycles. The molecular formula is C20H15ClFN5OS. The van der Waals surface area contributed by atoms with Crippen molar-refractivity contribution < 1.29 is 8.91 Å². The highest BCUT2D eigenvalue weighted by Gasteiger charge is 2.17. The number of benzene rings is 2. The van der Waals surface area contributed by atoms with Crippen LogP contribution in [0.2, 0.25) is 5.02 Å². The summed E-state index contributed by atoms with van der Waals surface area (Å²) < 4.78 is 21.3. The Morgan fingerprint density at radius 3 is 2.69 bits per heavy atom. The first-order valence-corrected chi connectivity index (χ1v) is 10.0. The summed E-state index contributed by atoms with van der Waals surface area (Å²) in [7, 11) is 0. The topological polar surface area (TPSA) is 69.6 Å². The van der Waals surface area contributed by atoms with Crippen molar-refractivity contribution in [3.63, 3.8) is 0 Å². The summed E-state index contributed by atoms with van der Waals surface area (Å²) >= 11 is 7.29. The smallest absolute Gasteiger partial charge is 0.257 e. The van der Waals surface area contributed by atoms with Gasteiger partial charge in [0.15, 0.2) is 16.8 Å². The Hall–Kier alpha value is -2.97. The highest BCUT2D eigenvalue weighted by atomic mass is 35.5. The number of rotatable bonds is 7. The van der Waals surface area contributed by atoms with Crippen LogP contribution >= 0.6 is 23.4 Å². The summed E-state index contributed by atoms with van der Waals surface area (Å²) in [6.07, 6.45) is 1.71. The predicted molar refractivity (Wildman–Crippen MR) is 110 cm³/mol. The average Bonchev–Trinajstić information content (AvgIpc) is 3.35. The minimum Gasteiger partial charge on any atom is -0.334 e. The maximum atomic E-state index is 14.2. The minimum absolute atomic E-state index is 0.354. The summed E-state index contributed by atoms with van der Waals surface area (Å²) in [5.41, 5.74) is 1.17. The van der Waals surface area contributed by atoms with Crippen molar-refractivity contribution in [3.05, 3.63) is 77.9 Å². The molecule has 0 atom stereocenters. The molecule has 0 aliphatic heterocycles. The van der Waals surface area contributed by atoms with Crippen LogP contribution in [0.1, 0.15) is 5.82 Å². The molecule has 2 aromatic heterocycles. The van der Waals surface area contributed by atoms with Crippen molar-refractivity contribution >= 4 is 23.4 Å². The van der Waals surface area contributed by atoms with Gasteiger partial charge in [0.25, 0.3) is 5.89 Å². The fraction of sp³-hybridized carbons (Fsp3) is 0.100. The van der Waals surface area contributed by atoms with E-state index in [0.717, 1.165) is 5.56 Å². The highest BCUT2D eigenvalue weighted by molar-refractivity contribution is 7.98. The van der Waals surface area contributed by atoms with Crippen LogP contribution in [0.15, 0.2) is 70.9 Å². The number of allylic oxidation sites excluding steroid dienone is 1. The molecule has 146 valence electrons. The van der Waals surface area contributed by atoms with Gasteiger partial charge in [-0.3, -0.25) is 4.57 Å². The lowest BCUT2D eigenvalue weighted by Gasteiger charge is -2.07. The number of thioether (sulfide) groups is 1. The van der Waals surface area contributed by atoms with Gasteiger partial charge in [-0.25, -0.2) is 4.39 Å². The number of hydrogen-bond donors (Lipinski definition) is 0. The second-order valence-corrected chi connectivity index (χ2v) is 7.38. The van der Waals surface area contributed by atoms with Crippen molar-refractivity contribution in [3.8, 4) is 22.8 Å². The molecule has 0 amide bonds. The molecular weight excluding hydrogens is 413 g/mol. The second-order valence-electron chi connectivity index (χ2n) is 6.00. The maximum Gasteiger partial charge on any atom is 0.257 e. The van der Waals surface area contributed by atoms with Crippen LogP contribution in [0, 0.1) is 5.82 Å². The van der Waals surface area contributed by atoms with E-state index >= 15 is 0 Å². The molecule has 4 aromatic rings. The molecule has 2 heterocycles. The van der Waals surface area contributed by atoms with Crippen molar-refractivity contribution in [1.82, 2.24) is 24.9 Å². The zero-order valence-electron chi connectivity index (χ0n) is 15.1. The third-order valence-electron chi connectivity index (χ3n) is 4.03. The molecule has 0 unspecified atom stereocenters. The van der Waals surface area contributed by atoms with Gasteiger partial charge in [-0.05, 0) is 36.4 Å². The molecule has 0 saturated carbocycles. The molecule has 0 spiro atoms. The van der Waals surface area contributed by atoms with Gasteiger partial charge in [0, 0.05) is 17.1 Å². The zero-order chi connectivity index (χ0) is 20.2. The first-order valence-electron chi connectivity index (χ1n) is 8.66. The van der Waals surface area contributed by atoms with E-state index in [-0.39, 0.29) is 5.82 Å². The summed E-state index contributed by atoms with van der Waals surface area (Å²) in [5, 5.41) is 13.6. The van der Waals surface area contributed by atoms with Gasteiger partial charge in [0.05, 0.1) is 11.3 Å². The Kier molecular flexibility index (Phi) is 5.73. The maximum absolute atomic E-state index is 14.2. The largest absolute Gasteiger partial charge is 0.334 e. The average molecular weight is 428 g/mol. The lowest BCUT2D eigenvalue weighted by Crippen LogP contribution is -2.02. The van der Waals surface area contributed by atoms with E-state index < -0.39 is 0 Å². The van der Waals surface area contributed by atoms with Gasteiger partial charge >= 0.3 is 0 Å². The Bertz CT molecular complexity index is 1140. The third kappa shape index (κ3) is 4.23. The van der Waals surface area contributed by atoms with Gasteiger partial charge in [0.1, 0.15) is 5.82 Å². The molecule has 0 aliphatic carbocycles. The third-order valence-corrected chi connectivity index (χ3v) is 5.25. The fourth-order valence-electron chi connectivity index (χ4n) is 2.68. The van der Waals surface area contributed by atoms with Crippen LogP contribution < -0.4 is 0 Å². The van der Waals surface area contributed by atoms with Crippen LogP contribution in [-0.4, -0.2) is 24.9 Å². The van der Waals surface area contributed by atoms with E-state index in [1.807, 2.05) is 12.1 Å². The molecule has 6 nitrogen and oxygen atoms in total. The molecule has 29 heavy (non-hydrogen) atoms. The number of hydrogen-bond acceptors (Lipinski definition) is 6. The van der Waals surface area contributed by atoms with Crippen molar-refractivity contribution in [2.45, 2.75) is 17.5 Å². The SMILES string of the molecule is C=CCn1c(SCc2noc(-c3ccc(Cl)cc3)n2)nnc1-c1ccccc1F. The quantitative estimate of drug-likeness (QED) is 0.296. The Morgan fingerprint density at radius 1 is 1.14 bits per heavy atom. The van der Waals surface area contributed by atoms with E-state index in [1.54, 1.807) is 41.0 Å². The normalized spacial score (nSPS) is 11.0. The first-order chi connectivity index (χ1) is 14.2. The highest BCUT2D eigenvalue weighted by Crippen LogP contribution is 2.28. The molecule has 9 heteroatoms. The van der Waals surface area contributed by atoms with Gasteiger partial charge in [0.2, 0.25) is 0 Å². The predicted octanol–water partition coefficient (Wildman–Crippen LogP) is 5.27. The van der Waals surface area contributed by atoms with Crippen LogP contribution in [0.3, 0.4) is 0 Å². The zero-order valence-corrected chi connectivity index (χ0v) is 16.7. The van der Waals surface area contributed by atoms with Gasteiger partial charge in [-0.2, -0.15) is 4.98 Å². The van der Waals surface area contributed by atoms with Crippen LogP contribution in [0.25, 0.3) is 22.8 Å². The fourth-order valence-corrected chi connectivity index (χ4v) is 3.60. The molecule has 0 N–H and O–H groups in total. The molecule has 0 fully saturated rings.